The molecule has 4 aromatic rings. The molecule has 0 spiro atoms. The third kappa shape index (κ3) is 8.74. The Morgan fingerprint density at radius 3 is 1.37 bits per heavy atom. The lowest BCUT2D eigenvalue weighted by molar-refractivity contribution is -0.147. The van der Waals surface area contributed by atoms with Crippen molar-refractivity contribution in [3.05, 3.63) is 83.7 Å². The number of aromatic amines is 2. The van der Waals surface area contributed by atoms with Gasteiger partial charge in [-0.25, -0.2) is 19.6 Å². The highest BCUT2D eigenvalue weighted by Gasteiger charge is 2.62. The predicted molar refractivity (Wildman–Crippen MR) is 240 cm³/mol. The van der Waals surface area contributed by atoms with Crippen molar-refractivity contribution in [2.24, 2.45) is 35.1 Å². The van der Waals surface area contributed by atoms with Gasteiger partial charge < -0.3 is 50.2 Å². The molecule has 6 heterocycles. The van der Waals surface area contributed by atoms with E-state index in [0.29, 0.717) is 76.8 Å². The molecule has 6 N–H and O–H groups in total. The van der Waals surface area contributed by atoms with E-state index in [2.05, 4.69) is 86.2 Å². The van der Waals surface area contributed by atoms with E-state index in [4.69, 9.17) is 40.4 Å². The maximum absolute atomic E-state index is 14.0. The molecule has 4 amide bonds. The number of H-pyrrole nitrogens is 2. The Morgan fingerprint density at radius 1 is 0.646 bits per heavy atom. The molecule has 0 bridgehead atoms. The number of primary amides is 2. The van der Waals surface area contributed by atoms with Crippen LogP contribution in [0.1, 0.15) is 108 Å². The Kier molecular flexibility index (Phi) is 12.3. The van der Waals surface area contributed by atoms with Crippen LogP contribution >= 0.6 is 0 Å². The fourth-order valence-electron chi connectivity index (χ4n) is 11.3. The van der Waals surface area contributed by atoms with Crippen molar-refractivity contribution >= 4 is 24.0 Å². The Labute approximate surface area is 379 Å². The zero-order chi connectivity index (χ0) is 45.6. The van der Waals surface area contributed by atoms with Gasteiger partial charge in [0.05, 0.1) is 35.9 Å². The van der Waals surface area contributed by atoms with Gasteiger partial charge in [0, 0.05) is 62.2 Å². The number of benzene rings is 2. The van der Waals surface area contributed by atoms with Crippen molar-refractivity contribution in [2.45, 2.75) is 108 Å². The van der Waals surface area contributed by atoms with E-state index in [1.807, 2.05) is 12.4 Å². The third-order valence-electron chi connectivity index (χ3n) is 15.2. The molecule has 5 aliphatic rings. The van der Waals surface area contributed by atoms with E-state index in [1.54, 1.807) is 9.80 Å². The van der Waals surface area contributed by atoms with Crippen LogP contribution in [0.5, 0.6) is 0 Å². The molecule has 4 saturated heterocycles. The molecule has 5 fully saturated rings. The number of aromatic nitrogens is 4. The summed E-state index contributed by atoms with van der Waals surface area (Å²) in [6.07, 6.45) is 4.84. The number of carbonyl (C=O) groups is 4. The highest BCUT2D eigenvalue weighted by atomic mass is 16.6. The highest BCUT2D eigenvalue weighted by molar-refractivity contribution is 5.85. The van der Waals surface area contributed by atoms with Crippen LogP contribution in [-0.4, -0.2) is 105 Å². The second-order valence-corrected chi connectivity index (χ2v) is 19.7. The van der Waals surface area contributed by atoms with Crippen LogP contribution in [0.4, 0.5) is 9.59 Å². The van der Waals surface area contributed by atoms with Gasteiger partial charge in [-0.2, -0.15) is 0 Å². The van der Waals surface area contributed by atoms with Gasteiger partial charge in [0.25, 0.3) is 11.8 Å². The Bertz CT molecular complexity index is 2210. The average Bonchev–Trinajstić information content (AvgIpc) is 3.98. The lowest BCUT2D eigenvalue weighted by Gasteiger charge is -2.33. The van der Waals surface area contributed by atoms with Crippen molar-refractivity contribution in [1.29, 1.82) is 0 Å². The number of nitrogens with zero attached hydrogens (tertiary/aromatic N) is 4. The molecule has 9 rings (SSSR count). The quantitative estimate of drug-likeness (QED) is 0.118. The van der Waals surface area contributed by atoms with E-state index < -0.39 is 24.4 Å². The fourth-order valence-corrected chi connectivity index (χ4v) is 11.3. The van der Waals surface area contributed by atoms with Crippen LogP contribution in [-0.2, 0) is 39.4 Å². The van der Waals surface area contributed by atoms with E-state index in [-0.39, 0.29) is 58.4 Å². The molecule has 2 aromatic heterocycles. The van der Waals surface area contributed by atoms with E-state index in [9.17, 15) is 19.2 Å². The molecule has 1 aliphatic carbocycles. The summed E-state index contributed by atoms with van der Waals surface area (Å²) in [5.74, 6) is 1.14. The first kappa shape index (κ1) is 44.5. The molecule has 2 aromatic carbocycles. The zero-order valence-corrected chi connectivity index (χ0v) is 37.8. The first-order chi connectivity index (χ1) is 31.2. The molecule has 0 radical (unpaired) electrons. The fraction of sp³-hybridized carbons (Fsp3) is 0.551. The van der Waals surface area contributed by atoms with Crippen LogP contribution in [0.3, 0.4) is 0 Å². The monoisotopic (exact) mass is 890 g/mol. The minimum atomic E-state index is -0.949. The van der Waals surface area contributed by atoms with Crippen LogP contribution in [0.2, 0.25) is 0 Å². The van der Waals surface area contributed by atoms with Gasteiger partial charge in [0.2, 0.25) is 0 Å². The molecule has 65 heavy (non-hydrogen) atoms. The van der Waals surface area contributed by atoms with Gasteiger partial charge in [-0.1, -0.05) is 76.2 Å². The maximum atomic E-state index is 14.0. The van der Waals surface area contributed by atoms with E-state index in [1.165, 1.54) is 11.1 Å². The number of imidazole rings is 2. The summed E-state index contributed by atoms with van der Waals surface area (Å²) in [5, 5.41) is 0. The SMILES string of the molecule is C[C@H]1CC(c2ncc(-c3ccc(C4(C)CC4(C)c4ccc(-c5cnc(C6C[C@H](C)CN6C(=O)[C@@H](OC(N)=O)C6CCOCC6)[nH]5)cc4)cc3)[nH]2)N(C(=O)[C@@H](OC(N)=O)C2CCOCC2)C1. The molecule has 8 atom stereocenters. The summed E-state index contributed by atoms with van der Waals surface area (Å²) in [6, 6.07) is 16.8. The van der Waals surface area contributed by atoms with Gasteiger partial charge in [0.1, 0.15) is 11.6 Å². The molecule has 16 nitrogen and oxygen atoms in total. The molecule has 4 aliphatic heterocycles. The number of rotatable bonds is 12. The van der Waals surface area contributed by atoms with Crippen molar-refractivity contribution < 1.29 is 38.1 Å². The number of carbonyl (C=O) groups excluding carboxylic acids is 4. The van der Waals surface area contributed by atoms with Crippen molar-refractivity contribution in [3.8, 4) is 22.5 Å². The molecular formula is C49H62N8O8. The van der Waals surface area contributed by atoms with Gasteiger partial charge >= 0.3 is 12.2 Å². The molecule has 4 unspecified atom stereocenters. The van der Waals surface area contributed by atoms with Crippen LogP contribution in [0.15, 0.2) is 60.9 Å². The van der Waals surface area contributed by atoms with Crippen molar-refractivity contribution in [3.63, 3.8) is 0 Å². The summed E-state index contributed by atoms with van der Waals surface area (Å²) in [4.78, 5) is 72.0. The second kappa shape index (κ2) is 17.9. The van der Waals surface area contributed by atoms with Gasteiger partial charge in [-0.15, -0.1) is 0 Å². The lowest BCUT2D eigenvalue weighted by atomic mass is 9.83. The van der Waals surface area contributed by atoms with Crippen molar-refractivity contribution in [2.75, 3.05) is 39.5 Å². The number of hydrogen-bond acceptors (Lipinski definition) is 10. The van der Waals surface area contributed by atoms with Gasteiger partial charge in [0.15, 0.2) is 12.2 Å². The number of ether oxygens (including phenoxy) is 4. The minimum absolute atomic E-state index is 0.0713. The molecular weight excluding hydrogens is 829 g/mol. The second-order valence-electron chi connectivity index (χ2n) is 19.7. The van der Waals surface area contributed by atoms with Crippen LogP contribution < -0.4 is 11.5 Å². The number of likely N-dealkylation sites (tertiary alicyclic amines) is 2. The Morgan fingerprint density at radius 2 is 1.02 bits per heavy atom. The van der Waals surface area contributed by atoms with Crippen molar-refractivity contribution in [1.82, 2.24) is 29.7 Å². The number of nitrogens with one attached hydrogen (secondary N) is 2. The lowest BCUT2D eigenvalue weighted by Crippen LogP contribution is -2.47. The first-order valence-electron chi connectivity index (χ1n) is 23.2. The maximum Gasteiger partial charge on any atom is 0.405 e. The largest absolute Gasteiger partial charge is 0.436 e. The zero-order valence-electron chi connectivity index (χ0n) is 37.8. The molecule has 16 heteroatoms. The summed E-state index contributed by atoms with van der Waals surface area (Å²) in [5.41, 5.74) is 17.0. The van der Waals surface area contributed by atoms with E-state index >= 15 is 0 Å². The Hall–Kier alpha value is -5.74. The molecule has 346 valence electrons. The summed E-state index contributed by atoms with van der Waals surface area (Å²) in [7, 11) is 0. The van der Waals surface area contributed by atoms with Crippen LogP contribution in [0.25, 0.3) is 22.5 Å². The highest BCUT2D eigenvalue weighted by Crippen LogP contribution is 2.65. The average molecular weight is 891 g/mol. The predicted octanol–water partition coefficient (Wildman–Crippen LogP) is 6.69. The third-order valence-corrected chi connectivity index (χ3v) is 15.2. The first-order valence-corrected chi connectivity index (χ1v) is 23.2. The number of amides is 4. The summed E-state index contributed by atoms with van der Waals surface area (Å²) in [6.45, 7) is 12.0. The molecule has 1 saturated carbocycles. The van der Waals surface area contributed by atoms with Gasteiger partial charge in [-0.3, -0.25) is 9.59 Å². The number of nitrogens with two attached hydrogens (primary N) is 2. The Balaban J connectivity index is 0.858. The van der Waals surface area contributed by atoms with Crippen LogP contribution in [0, 0.1) is 23.7 Å². The number of hydrogen-bond donors (Lipinski definition) is 4. The van der Waals surface area contributed by atoms with E-state index in [0.717, 1.165) is 41.8 Å². The smallest absolute Gasteiger partial charge is 0.405 e. The summed E-state index contributed by atoms with van der Waals surface area (Å²) >= 11 is 0. The van der Waals surface area contributed by atoms with Gasteiger partial charge in [-0.05, 0) is 79.0 Å². The topological polar surface area (TPSA) is 221 Å². The standard InChI is InChI=1S/C49H62N8O8/c1-28-21-38(56(25-28)44(58)40(64-46(50)60)32-13-17-62-18-14-32)42-52-23-36(54-42)30-5-9-34(10-6-30)48(3)27-49(48,4)35-11-7-31(8-12-35)37-24-53-43(55-37)39-22-29(2)26-57(39)45(59)41(65-47(51)61)33-15-19-63-20-16-33/h5-12,23-24,28-29,32-33,38-41H,13-22,25-27H2,1-4H3,(H2,50,60)(H2,51,61)(H,52,54)(H,53,55)/t28-,29-,38?,39?,40-,41-,48?,49?/m0/s1. The summed E-state index contributed by atoms with van der Waals surface area (Å²) < 4.78 is 21.9. The minimum Gasteiger partial charge on any atom is -0.436 e. The normalized spacial score (nSPS) is 28.2.